The molecule has 34 heavy (non-hydrogen) atoms. The average Bonchev–Trinajstić information content (AvgIpc) is 3.21. The number of likely N-dealkylation sites (tertiary alicyclic amines) is 1. The standard InChI is InChI=1S/C26H35F3N4O/c1-25(2,3)23(31-24(34)30-21-12-8-11-20(15-21)26(27,28)29)18-32(4)22-13-14-33(17-22)16-19-9-6-5-7-10-19/h5-12,15,22-23H,13-14,16-18H2,1-4H3,(H2,30,31,34). The predicted molar refractivity (Wildman–Crippen MR) is 130 cm³/mol. The summed E-state index contributed by atoms with van der Waals surface area (Å²) in [5.74, 6) is 0. The van der Waals surface area contributed by atoms with E-state index < -0.39 is 17.8 Å². The van der Waals surface area contributed by atoms with E-state index >= 15 is 0 Å². The van der Waals surface area contributed by atoms with Gasteiger partial charge in [-0.1, -0.05) is 57.2 Å². The van der Waals surface area contributed by atoms with Gasteiger partial charge in [0.2, 0.25) is 0 Å². The van der Waals surface area contributed by atoms with Crippen LogP contribution in [0.15, 0.2) is 54.6 Å². The molecule has 0 radical (unpaired) electrons. The van der Waals surface area contributed by atoms with Gasteiger partial charge in [-0.3, -0.25) is 4.90 Å². The Kier molecular flexibility index (Phi) is 8.25. The van der Waals surface area contributed by atoms with E-state index in [-0.39, 0.29) is 17.1 Å². The lowest BCUT2D eigenvalue weighted by atomic mass is 9.86. The number of nitrogens with zero attached hydrogens (tertiary/aromatic N) is 2. The second kappa shape index (κ2) is 10.8. The van der Waals surface area contributed by atoms with Crippen molar-refractivity contribution in [2.24, 2.45) is 5.41 Å². The first-order valence-corrected chi connectivity index (χ1v) is 11.6. The Morgan fingerprint density at radius 3 is 2.47 bits per heavy atom. The zero-order valence-corrected chi connectivity index (χ0v) is 20.3. The smallest absolute Gasteiger partial charge is 0.333 e. The molecule has 2 unspecified atom stereocenters. The number of amides is 2. The van der Waals surface area contributed by atoms with Crippen LogP contribution in [-0.4, -0.2) is 54.6 Å². The maximum atomic E-state index is 13.0. The van der Waals surface area contributed by atoms with Crippen molar-refractivity contribution in [2.45, 2.75) is 52.0 Å². The van der Waals surface area contributed by atoms with Gasteiger partial charge in [0, 0.05) is 44.0 Å². The molecule has 0 bridgehead atoms. The Labute approximate surface area is 200 Å². The number of nitrogens with one attached hydrogen (secondary N) is 2. The number of anilines is 1. The lowest BCUT2D eigenvalue weighted by molar-refractivity contribution is -0.137. The highest BCUT2D eigenvalue weighted by atomic mass is 19.4. The lowest BCUT2D eigenvalue weighted by Gasteiger charge is -2.36. The Bertz CT molecular complexity index is 943. The highest BCUT2D eigenvalue weighted by Gasteiger charge is 2.33. The molecule has 186 valence electrons. The van der Waals surface area contributed by atoms with E-state index in [1.165, 1.54) is 17.7 Å². The van der Waals surface area contributed by atoms with Crippen molar-refractivity contribution in [3.63, 3.8) is 0 Å². The van der Waals surface area contributed by atoms with E-state index in [0.29, 0.717) is 12.6 Å². The van der Waals surface area contributed by atoms with Crippen molar-refractivity contribution in [1.29, 1.82) is 0 Å². The molecule has 8 heteroatoms. The first-order chi connectivity index (χ1) is 15.9. The molecule has 1 fully saturated rings. The second-order valence-electron chi connectivity index (χ2n) is 10.2. The number of alkyl halides is 3. The van der Waals surface area contributed by atoms with E-state index in [1.54, 1.807) is 0 Å². The third-order valence-electron chi connectivity index (χ3n) is 6.39. The van der Waals surface area contributed by atoms with Crippen LogP contribution in [0, 0.1) is 5.41 Å². The SMILES string of the molecule is CN(CC(NC(=O)Nc1cccc(C(F)(F)F)c1)C(C)(C)C)C1CCN(Cc2ccccc2)C1. The molecule has 0 aliphatic carbocycles. The van der Waals surface area contributed by atoms with Gasteiger partial charge in [-0.05, 0) is 42.6 Å². The number of halogens is 3. The van der Waals surface area contributed by atoms with Gasteiger partial charge < -0.3 is 15.5 Å². The van der Waals surface area contributed by atoms with Gasteiger partial charge in [0.25, 0.3) is 0 Å². The predicted octanol–water partition coefficient (Wildman–Crippen LogP) is 5.45. The molecule has 1 heterocycles. The van der Waals surface area contributed by atoms with Crippen molar-refractivity contribution < 1.29 is 18.0 Å². The van der Waals surface area contributed by atoms with Gasteiger partial charge in [0.05, 0.1) is 5.56 Å². The van der Waals surface area contributed by atoms with E-state index in [4.69, 9.17) is 0 Å². The van der Waals surface area contributed by atoms with Crippen molar-refractivity contribution in [2.75, 3.05) is 32.0 Å². The summed E-state index contributed by atoms with van der Waals surface area (Å²) in [6.07, 6.45) is -3.41. The summed E-state index contributed by atoms with van der Waals surface area (Å²) in [5.41, 5.74) is 0.382. The van der Waals surface area contributed by atoms with Crippen LogP contribution in [-0.2, 0) is 12.7 Å². The third-order valence-corrected chi connectivity index (χ3v) is 6.39. The Morgan fingerprint density at radius 1 is 1.12 bits per heavy atom. The number of rotatable bonds is 7. The topological polar surface area (TPSA) is 47.6 Å². The van der Waals surface area contributed by atoms with Crippen molar-refractivity contribution in [3.05, 3.63) is 65.7 Å². The number of benzene rings is 2. The second-order valence-corrected chi connectivity index (χ2v) is 10.2. The third kappa shape index (κ3) is 7.46. The quantitative estimate of drug-likeness (QED) is 0.559. The minimum atomic E-state index is -4.46. The van der Waals surface area contributed by atoms with Crippen LogP contribution in [0.3, 0.4) is 0 Å². The van der Waals surface area contributed by atoms with Gasteiger partial charge >= 0.3 is 12.2 Å². The molecule has 0 saturated carbocycles. The number of likely N-dealkylation sites (N-methyl/N-ethyl adjacent to an activating group) is 1. The van der Waals surface area contributed by atoms with Crippen molar-refractivity contribution in [1.82, 2.24) is 15.1 Å². The van der Waals surface area contributed by atoms with Gasteiger partial charge in [-0.25, -0.2) is 4.79 Å². The van der Waals surface area contributed by atoms with Gasteiger partial charge in [0.15, 0.2) is 0 Å². The van der Waals surface area contributed by atoms with Gasteiger partial charge in [-0.2, -0.15) is 13.2 Å². The molecule has 1 saturated heterocycles. The van der Waals surface area contributed by atoms with Crippen LogP contribution in [0.1, 0.15) is 38.3 Å². The fourth-order valence-electron chi connectivity index (χ4n) is 4.23. The zero-order chi connectivity index (χ0) is 24.9. The number of carbonyl (C=O) groups excluding carboxylic acids is 1. The molecule has 2 atom stereocenters. The summed E-state index contributed by atoms with van der Waals surface area (Å²) >= 11 is 0. The number of hydrogen-bond acceptors (Lipinski definition) is 3. The summed E-state index contributed by atoms with van der Waals surface area (Å²) in [6, 6.07) is 14.8. The summed E-state index contributed by atoms with van der Waals surface area (Å²) in [6.45, 7) is 9.69. The number of hydrogen-bond donors (Lipinski definition) is 2. The molecule has 2 aromatic carbocycles. The fourth-order valence-corrected chi connectivity index (χ4v) is 4.23. The van der Waals surface area contributed by atoms with Crippen molar-refractivity contribution in [3.8, 4) is 0 Å². The minimum absolute atomic E-state index is 0.112. The van der Waals surface area contributed by atoms with E-state index in [0.717, 1.165) is 38.2 Å². The average molecular weight is 477 g/mol. The van der Waals surface area contributed by atoms with Crippen LogP contribution in [0.25, 0.3) is 0 Å². The number of urea groups is 1. The molecule has 2 N–H and O–H groups in total. The molecule has 0 spiro atoms. The zero-order valence-electron chi connectivity index (χ0n) is 20.3. The molecular formula is C26H35F3N4O. The van der Waals surface area contributed by atoms with Crippen LogP contribution >= 0.6 is 0 Å². The van der Waals surface area contributed by atoms with Crippen LogP contribution in [0.2, 0.25) is 0 Å². The van der Waals surface area contributed by atoms with Crippen LogP contribution < -0.4 is 10.6 Å². The summed E-state index contributed by atoms with van der Waals surface area (Å²) in [4.78, 5) is 17.4. The van der Waals surface area contributed by atoms with Gasteiger partial charge in [0.1, 0.15) is 0 Å². The molecule has 0 aromatic heterocycles. The molecular weight excluding hydrogens is 441 g/mol. The van der Waals surface area contributed by atoms with E-state index in [1.807, 2.05) is 26.8 Å². The molecule has 2 aromatic rings. The lowest BCUT2D eigenvalue weighted by Crippen LogP contribution is -2.53. The minimum Gasteiger partial charge on any atom is -0.333 e. The van der Waals surface area contributed by atoms with E-state index in [2.05, 4.69) is 51.7 Å². The normalized spacial score (nSPS) is 18.2. The molecule has 1 aliphatic heterocycles. The van der Waals surface area contributed by atoms with Gasteiger partial charge in [-0.15, -0.1) is 0 Å². The van der Waals surface area contributed by atoms with Crippen LogP contribution in [0.4, 0.5) is 23.7 Å². The Balaban J connectivity index is 1.57. The highest BCUT2D eigenvalue weighted by Crippen LogP contribution is 2.30. The summed E-state index contributed by atoms with van der Waals surface area (Å²) in [7, 11) is 2.07. The monoisotopic (exact) mass is 476 g/mol. The Morgan fingerprint density at radius 2 is 1.82 bits per heavy atom. The molecule has 3 rings (SSSR count). The fraction of sp³-hybridized carbons (Fsp3) is 0.500. The highest BCUT2D eigenvalue weighted by molar-refractivity contribution is 5.89. The first-order valence-electron chi connectivity index (χ1n) is 11.6. The number of carbonyl (C=O) groups is 1. The molecule has 2 amide bonds. The van der Waals surface area contributed by atoms with E-state index in [9.17, 15) is 18.0 Å². The summed E-state index contributed by atoms with van der Waals surface area (Å²) in [5, 5.41) is 5.54. The maximum Gasteiger partial charge on any atom is 0.416 e. The largest absolute Gasteiger partial charge is 0.416 e. The molecule has 5 nitrogen and oxygen atoms in total. The molecule has 1 aliphatic rings. The first kappa shape index (κ1) is 26.0. The summed E-state index contributed by atoms with van der Waals surface area (Å²) < 4.78 is 38.9. The Hall–Kier alpha value is -2.58. The maximum absolute atomic E-state index is 13.0. The van der Waals surface area contributed by atoms with Crippen molar-refractivity contribution >= 4 is 11.7 Å². The van der Waals surface area contributed by atoms with Crippen LogP contribution in [0.5, 0.6) is 0 Å².